The number of pyridine rings is 2. The van der Waals surface area contributed by atoms with E-state index < -0.39 is 16.1 Å². The number of amides is 1. The Hall–Kier alpha value is -6.20. The first-order valence-electron chi connectivity index (χ1n) is 15.3. The van der Waals surface area contributed by atoms with Crippen molar-refractivity contribution in [2.75, 3.05) is 30.4 Å². The van der Waals surface area contributed by atoms with Crippen LogP contribution in [0.3, 0.4) is 0 Å². The molecule has 14 heteroatoms. The van der Waals surface area contributed by atoms with E-state index in [0.717, 1.165) is 11.1 Å². The van der Waals surface area contributed by atoms with Gasteiger partial charge in [-0.25, -0.2) is 14.8 Å². The van der Waals surface area contributed by atoms with E-state index in [4.69, 9.17) is 18.9 Å². The normalized spacial score (nSPS) is 10.8. The van der Waals surface area contributed by atoms with Crippen LogP contribution in [-0.4, -0.2) is 54.8 Å². The summed E-state index contributed by atoms with van der Waals surface area (Å²) in [5.74, 6) is 5.82. The Bertz CT molecular complexity index is 2120. The van der Waals surface area contributed by atoms with Crippen molar-refractivity contribution < 1.29 is 32.2 Å². The molecule has 256 valence electrons. The number of rotatable bonds is 12. The molecule has 3 heterocycles. The highest BCUT2D eigenvalue weighted by atomic mass is 32.2. The van der Waals surface area contributed by atoms with Crippen LogP contribution >= 0.6 is 0 Å². The van der Waals surface area contributed by atoms with Crippen molar-refractivity contribution >= 4 is 27.6 Å². The molecular formula is C36H34N6O7S. The van der Waals surface area contributed by atoms with Crippen LogP contribution in [0.4, 0.5) is 16.3 Å². The number of nitrogens with one attached hydrogen (secondary N) is 2. The fraction of sp³-hybridized carbons (Fsp3) is 0.194. The molecule has 0 bridgehead atoms. The Labute approximate surface area is 290 Å². The molecule has 0 aliphatic heterocycles. The minimum absolute atomic E-state index is 0.111. The lowest BCUT2D eigenvalue weighted by Gasteiger charge is -2.18. The highest BCUT2D eigenvalue weighted by molar-refractivity contribution is 7.92. The average Bonchev–Trinajstić information content (AvgIpc) is 3.11. The molecule has 0 aliphatic carbocycles. The van der Waals surface area contributed by atoms with E-state index in [1.54, 1.807) is 67.0 Å². The largest absolute Gasteiger partial charge is 0.493 e. The van der Waals surface area contributed by atoms with Gasteiger partial charge in [-0.05, 0) is 66.4 Å². The predicted molar refractivity (Wildman–Crippen MR) is 187 cm³/mol. The van der Waals surface area contributed by atoms with Crippen LogP contribution in [0.1, 0.15) is 30.9 Å². The Morgan fingerprint density at radius 2 is 1.68 bits per heavy atom. The number of aromatic nitrogens is 4. The van der Waals surface area contributed by atoms with Crippen molar-refractivity contribution in [1.29, 1.82) is 0 Å². The summed E-state index contributed by atoms with van der Waals surface area (Å²) in [6.45, 7) is 5.42. The third kappa shape index (κ3) is 9.24. The minimum Gasteiger partial charge on any atom is -0.493 e. The third-order valence-electron chi connectivity index (χ3n) is 6.93. The summed E-state index contributed by atoms with van der Waals surface area (Å²) in [5, 5.41) is 2.41. The second kappa shape index (κ2) is 16.3. The topological polar surface area (TPSA) is 164 Å². The Morgan fingerprint density at radius 3 is 2.38 bits per heavy atom. The molecule has 0 unspecified atom stereocenters. The standard InChI is InChI=1S/C36H34N6O7S/c1-24(2)27-14-15-31(38-23-27)50(44,45)42-34-32(49-30-13-6-5-12-29(30)46-4)35(41-33(40-34)26-16-18-37-19-17-26)47-20-7-8-21-48-36(43)39-28-11-9-10-25(3)22-28/h5-6,9-19,22-24H,20-21H2,1-4H3,(H,39,43)(H,40,41,42). The number of benzene rings is 2. The Kier molecular flexibility index (Phi) is 11.4. The van der Waals surface area contributed by atoms with Gasteiger partial charge in [0.15, 0.2) is 41.4 Å². The fourth-order valence-corrected chi connectivity index (χ4v) is 5.32. The number of hydrogen-bond acceptors (Lipinski definition) is 11. The average molecular weight is 695 g/mol. The molecule has 1 amide bonds. The Morgan fingerprint density at radius 1 is 0.920 bits per heavy atom. The van der Waals surface area contributed by atoms with Crippen molar-refractivity contribution in [3.63, 3.8) is 0 Å². The summed E-state index contributed by atoms with van der Waals surface area (Å²) in [6.07, 6.45) is 3.93. The van der Waals surface area contributed by atoms with Crippen LogP contribution in [0.15, 0.2) is 96.4 Å². The van der Waals surface area contributed by atoms with E-state index in [1.165, 1.54) is 19.4 Å². The van der Waals surface area contributed by atoms with E-state index in [-0.39, 0.29) is 53.2 Å². The van der Waals surface area contributed by atoms with Crippen molar-refractivity contribution in [2.45, 2.75) is 31.7 Å². The van der Waals surface area contributed by atoms with E-state index in [1.807, 2.05) is 32.9 Å². The number of aryl methyl sites for hydroxylation is 1. The summed E-state index contributed by atoms with van der Waals surface area (Å²) in [4.78, 5) is 29.5. The van der Waals surface area contributed by atoms with Crippen LogP contribution in [0.5, 0.6) is 23.1 Å². The van der Waals surface area contributed by atoms with Crippen molar-refractivity contribution in [3.05, 3.63) is 103 Å². The number of nitrogens with zero attached hydrogens (tertiary/aromatic N) is 4. The molecule has 0 saturated carbocycles. The number of hydrogen-bond donors (Lipinski definition) is 2. The van der Waals surface area contributed by atoms with Crippen LogP contribution in [0, 0.1) is 18.8 Å². The molecule has 13 nitrogen and oxygen atoms in total. The first kappa shape index (κ1) is 35.1. The predicted octanol–water partition coefficient (Wildman–Crippen LogP) is 6.60. The summed E-state index contributed by atoms with van der Waals surface area (Å²) in [7, 11) is -2.81. The molecule has 0 spiro atoms. The van der Waals surface area contributed by atoms with Gasteiger partial charge in [-0.3, -0.25) is 15.0 Å². The van der Waals surface area contributed by atoms with Gasteiger partial charge in [0.25, 0.3) is 15.9 Å². The highest BCUT2D eigenvalue weighted by Gasteiger charge is 2.26. The number of methoxy groups -OCH3 is 1. The van der Waals surface area contributed by atoms with Crippen molar-refractivity contribution in [1.82, 2.24) is 19.9 Å². The SMILES string of the molecule is COc1ccccc1Oc1c(NS(=O)(=O)c2ccc(C(C)C)cn2)nc(-c2ccncc2)nc1OCC#CCOC(=O)Nc1cccc(C)c1. The first-order valence-corrected chi connectivity index (χ1v) is 16.8. The molecule has 3 aromatic heterocycles. The molecule has 50 heavy (non-hydrogen) atoms. The van der Waals surface area contributed by atoms with Gasteiger partial charge in [-0.2, -0.15) is 13.4 Å². The first-order chi connectivity index (χ1) is 24.1. The maximum absolute atomic E-state index is 13.7. The lowest BCUT2D eigenvalue weighted by atomic mass is 10.1. The minimum atomic E-state index is -4.28. The zero-order valence-corrected chi connectivity index (χ0v) is 28.5. The van der Waals surface area contributed by atoms with Gasteiger partial charge in [0.1, 0.15) is 0 Å². The maximum Gasteiger partial charge on any atom is 0.412 e. The van der Waals surface area contributed by atoms with Gasteiger partial charge in [0.2, 0.25) is 5.75 Å². The molecule has 5 aromatic rings. The van der Waals surface area contributed by atoms with E-state index in [9.17, 15) is 13.2 Å². The van der Waals surface area contributed by atoms with Crippen LogP contribution < -0.4 is 24.2 Å². The number of para-hydroxylation sites is 2. The van der Waals surface area contributed by atoms with Crippen LogP contribution in [-0.2, 0) is 14.8 Å². The lowest BCUT2D eigenvalue weighted by Crippen LogP contribution is -2.17. The molecule has 0 radical (unpaired) electrons. The molecule has 0 saturated heterocycles. The second-order valence-electron chi connectivity index (χ2n) is 10.9. The van der Waals surface area contributed by atoms with Gasteiger partial charge >= 0.3 is 6.09 Å². The van der Waals surface area contributed by atoms with Crippen molar-refractivity contribution in [3.8, 4) is 46.4 Å². The summed E-state index contributed by atoms with van der Waals surface area (Å²) >= 11 is 0. The van der Waals surface area contributed by atoms with E-state index in [0.29, 0.717) is 17.0 Å². The van der Waals surface area contributed by atoms with Crippen molar-refractivity contribution in [2.24, 2.45) is 0 Å². The summed E-state index contributed by atoms with van der Waals surface area (Å²) < 4.78 is 52.6. The number of anilines is 2. The fourth-order valence-electron chi connectivity index (χ4n) is 4.39. The smallest absolute Gasteiger partial charge is 0.412 e. The molecule has 2 N–H and O–H groups in total. The quantitative estimate of drug-likeness (QED) is 0.135. The van der Waals surface area contributed by atoms with E-state index >= 15 is 0 Å². The number of carbonyl (C=O) groups excluding carboxylic acids is 1. The molecule has 2 aromatic carbocycles. The van der Waals surface area contributed by atoms with Gasteiger partial charge in [0.05, 0.1) is 7.11 Å². The summed E-state index contributed by atoms with van der Waals surface area (Å²) in [5.41, 5.74) is 2.98. The Balaban J connectivity index is 1.46. The molecule has 5 rings (SSSR count). The highest BCUT2D eigenvalue weighted by Crippen LogP contribution is 2.41. The van der Waals surface area contributed by atoms with Gasteiger partial charge in [0, 0.05) is 29.8 Å². The van der Waals surface area contributed by atoms with Crippen LogP contribution in [0.2, 0.25) is 0 Å². The zero-order chi connectivity index (χ0) is 35.5. The monoisotopic (exact) mass is 694 g/mol. The number of sulfonamides is 1. The van der Waals surface area contributed by atoms with E-state index in [2.05, 4.69) is 41.8 Å². The van der Waals surface area contributed by atoms with Gasteiger partial charge in [-0.1, -0.05) is 56.0 Å². The maximum atomic E-state index is 13.7. The van der Waals surface area contributed by atoms with Gasteiger partial charge < -0.3 is 18.9 Å². The number of ether oxygens (including phenoxy) is 4. The molecule has 0 aliphatic rings. The molecule has 0 fully saturated rings. The molecule has 0 atom stereocenters. The summed E-state index contributed by atoms with van der Waals surface area (Å²) in [6, 6.07) is 20.5. The van der Waals surface area contributed by atoms with Crippen LogP contribution in [0.25, 0.3) is 11.4 Å². The number of carbonyl (C=O) groups is 1. The molecular weight excluding hydrogens is 660 g/mol. The zero-order valence-electron chi connectivity index (χ0n) is 27.7. The second-order valence-corrected chi connectivity index (χ2v) is 12.6. The van der Waals surface area contributed by atoms with Gasteiger partial charge in [-0.15, -0.1) is 0 Å². The lowest BCUT2D eigenvalue weighted by molar-refractivity contribution is 0.176. The third-order valence-corrected chi connectivity index (χ3v) is 8.19.